The standard InChI is InChI=1S/C11H22O3S2/c1-2-3-9-15-11(16(12,13)14)10-7-5-4-6-8-10/h10-11H,2-9H2,1H3,(H,12,13,14)/p-1. The van der Waals surface area contributed by atoms with E-state index in [1.54, 1.807) is 0 Å². The molecule has 1 rings (SSSR count). The van der Waals surface area contributed by atoms with Gasteiger partial charge in [-0.2, -0.15) is 0 Å². The van der Waals surface area contributed by atoms with Crippen molar-refractivity contribution in [1.82, 2.24) is 0 Å². The van der Waals surface area contributed by atoms with E-state index in [1.807, 2.05) is 0 Å². The van der Waals surface area contributed by atoms with E-state index in [-0.39, 0.29) is 5.92 Å². The van der Waals surface area contributed by atoms with Crippen LogP contribution in [-0.4, -0.2) is 23.3 Å². The molecule has 0 amide bonds. The van der Waals surface area contributed by atoms with Crippen LogP contribution in [0.15, 0.2) is 0 Å². The van der Waals surface area contributed by atoms with Crippen LogP contribution in [0.25, 0.3) is 0 Å². The van der Waals surface area contributed by atoms with Gasteiger partial charge in [-0.05, 0) is 30.9 Å². The molecule has 16 heavy (non-hydrogen) atoms. The zero-order valence-corrected chi connectivity index (χ0v) is 11.5. The number of hydrogen-bond donors (Lipinski definition) is 0. The van der Waals surface area contributed by atoms with Crippen LogP contribution in [0.3, 0.4) is 0 Å². The molecule has 1 aliphatic rings. The van der Waals surface area contributed by atoms with Crippen molar-refractivity contribution in [3.8, 4) is 0 Å². The Kier molecular flexibility index (Phi) is 6.15. The van der Waals surface area contributed by atoms with Gasteiger partial charge in [0.15, 0.2) is 0 Å². The van der Waals surface area contributed by atoms with Crippen molar-refractivity contribution in [3.05, 3.63) is 0 Å². The molecule has 0 heterocycles. The first-order valence-electron chi connectivity index (χ1n) is 6.12. The van der Waals surface area contributed by atoms with Crippen molar-refractivity contribution >= 4 is 21.9 Å². The molecule has 1 saturated carbocycles. The molecule has 96 valence electrons. The molecule has 0 N–H and O–H groups in total. The van der Waals surface area contributed by atoms with Gasteiger partial charge in [0.1, 0.15) is 10.1 Å². The van der Waals surface area contributed by atoms with Gasteiger partial charge in [-0.25, -0.2) is 8.42 Å². The molecule has 1 unspecified atom stereocenters. The van der Waals surface area contributed by atoms with Gasteiger partial charge in [0.25, 0.3) is 0 Å². The van der Waals surface area contributed by atoms with E-state index < -0.39 is 14.7 Å². The van der Waals surface area contributed by atoms with Gasteiger partial charge in [0.2, 0.25) is 0 Å². The van der Waals surface area contributed by atoms with Crippen LogP contribution in [0.4, 0.5) is 0 Å². The van der Waals surface area contributed by atoms with Gasteiger partial charge >= 0.3 is 0 Å². The fourth-order valence-corrected chi connectivity index (χ4v) is 5.14. The highest BCUT2D eigenvalue weighted by Crippen LogP contribution is 2.35. The number of thioether (sulfide) groups is 1. The fourth-order valence-electron chi connectivity index (χ4n) is 2.21. The molecule has 1 aliphatic carbocycles. The summed E-state index contributed by atoms with van der Waals surface area (Å²) >= 11 is 1.36. The van der Waals surface area contributed by atoms with Crippen LogP contribution in [0.5, 0.6) is 0 Å². The molecule has 0 spiro atoms. The van der Waals surface area contributed by atoms with Crippen molar-refractivity contribution < 1.29 is 13.0 Å². The average molecular weight is 265 g/mol. The van der Waals surface area contributed by atoms with E-state index in [1.165, 1.54) is 18.2 Å². The van der Waals surface area contributed by atoms with Gasteiger partial charge in [-0.1, -0.05) is 32.6 Å². The van der Waals surface area contributed by atoms with E-state index in [0.717, 1.165) is 44.3 Å². The van der Waals surface area contributed by atoms with Crippen molar-refractivity contribution in [2.24, 2.45) is 5.92 Å². The number of rotatable bonds is 6. The quantitative estimate of drug-likeness (QED) is 0.547. The lowest BCUT2D eigenvalue weighted by molar-refractivity contribution is 0.359. The Morgan fingerprint density at radius 1 is 1.31 bits per heavy atom. The number of unbranched alkanes of at least 4 members (excludes halogenated alkanes) is 1. The third kappa shape index (κ3) is 4.63. The molecule has 0 bridgehead atoms. The Morgan fingerprint density at radius 3 is 2.44 bits per heavy atom. The summed E-state index contributed by atoms with van der Waals surface area (Å²) in [6, 6.07) is 0. The largest absolute Gasteiger partial charge is 0.747 e. The first kappa shape index (κ1) is 14.3. The zero-order chi connectivity index (χ0) is 12.0. The van der Waals surface area contributed by atoms with E-state index in [2.05, 4.69) is 6.92 Å². The summed E-state index contributed by atoms with van der Waals surface area (Å²) in [6.45, 7) is 2.07. The lowest BCUT2D eigenvalue weighted by Gasteiger charge is -2.31. The minimum Gasteiger partial charge on any atom is -0.747 e. The Hall–Kier alpha value is 0.260. The van der Waals surface area contributed by atoms with E-state index in [0.29, 0.717) is 0 Å². The highest BCUT2D eigenvalue weighted by atomic mass is 32.3. The van der Waals surface area contributed by atoms with Gasteiger partial charge in [0.05, 0.1) is 4.58 Å². The molecule has 1 atom stereocenters. The normalized spacial score (nSPS) is 20.9. The lowest BCUT2D eigenvalue weighted by atomic mass is 9.91. The lowest BCUT2D eigenvalue weighted by Crippen LogP contribution is -2.28. The van der Waals surface area contributed by atoms with Crippen molar-refractivity contribution in [2.75, 3.05) is 5.75 Å². The molecule has 5 heteroatoms. The van der Waals surface area contributed by atoms with Crippen LogP contribution in [0, 0.1) is 5.92 Å². The molecule has 0 aromatic heterocycles. The van der Waals surface area contributed by atoms with Crippen LogP contribution in [0.1, 0.15) is 51.9 Å². The van der Waals surface area contributed by atoms with Crippen LogP contribution < -0.4 is 0 Å². The Balaban J connectivity index is 2.55. The Labute approximate surface area is 103 Å². The van der Waals surface area contributed by atoms with Crippen molar-refractivity contribution in [1.29, 1.82) is 0 Å². The second kappa shape index (κ2) is 6.87. The van der Waals surface area contributed by atoms with E-state index in [4.69, 9.17) is 0 Å². The molecule has 0 radical (unpaired) electrons. The highest BCUT2D eigenvalue weighted by Gasteiger charge is 2.28. The van der Waals surface area contributed by atoms with Gasteiger partial charge in [0, 0.05) is 0 Å². The molecule has 0 aromatic rings. The van der Waals surface area contributed by atoms with Crippen molar-refractivity contribution in [3.63, 3.8) is 0 Å². The second-order valence-corrected chi connectivity index (χ2v) is 7.52. The predicted octanol–water partition coefficient (Wildman–Crippen LogP) is 2.97. The summed E-state index contributed by atoms with van der Waals surface area (Å²) in [5, 5.41) is 0. The molecule has 3 nitrogen and oxygen atoms in total. The summed E-state index contributed by atoms with van der Waals surface area (Å²) in [7, 11) is -4.13. The monoisotopic (exact) mass is 265 g/mol. The molecular formula is C11H21O3S2-. The van der Waals surface area contributed by atoms with Crippen LogP contribution >= 0.6 is 11.8 Å². The van der Waals surface area contributed by atoms with Gasteiger partial charge in [-0.3, -0.25) is 0 Å². The zero-order valence-electron chi connectivity index (χ0n) is 9.85. The van der Waals surface area contributed by atoms with E-state index >= 15 is 0 Å². The van der Waals surface area contributed by atoms with Gasteiger partial charge < -0.3 is 4.55 Å². The van der Waals surface area contributed by atoms with Crippen molar-refractivity contribution in [2.45, 2.75) is 56.5 Å². The second-order valence-electron chi connectivity index (χ2n) is 4.48. The summed E-state index contributed by atoms with van der Waals surface area (Å²) in [5.41, 5.74) is 0. The maximum Gasteiger partial charge on any atom is 0.107 e. The summed E-state index contributed by atoms with van der Waals surface area (Å²) in [4.78, 5) is 0. The summed E-state index contributed by atoms with van der Waals surface area (Å²) in [6.07, 6.45) is 7.18. The molecule has 0 saturated heterocycles. The maximum absolute atomic E-state index is 11.2. The summed E-state index contributed by atoms with van der Waals surface area (Å²) < 4.78 is 33.1. The maximum atomic E-state index is 11.2. The highest BCUT2D eigenvalue weighted by molar-refractivity contribution is 8.11. The third-order valence-electron chi connectivity index (χ3n) is 3.10. The topological polar surface area (TPSA) is 57.2 Å². The SMILES string of the molecule is CCCCSC(C1CCCCC1)S(=O)(=O)[O-]. The van der Waals surface area contributed by atoms with Gasteiger partial charge in [-0.15, -0.1) is 11.8 Å². The fraction of sp³-hybridized carbons (Fsp3) is 1.00. The minimum absolute atomic E-state index is 0.0955. The predicted molar refractivity (Wildman–Crippen MR) is 67.4 cm³/mol. The molecule has 0 aromatic carbocycles. The Bertz CT molecular complexity index is 282. The molecular weight excluding hydrogens is 244 g/mol. The first-order chi connectivity index (χ1) is 7.55. The molecule has 1 fully saturated rings. The smallest absolute Gasteiger partial charge is 0.107 e. The van der Waals surface area contributed by atoms with E-state index in [9.17, 15) is 13.0 Å². The number of hydrogen-bond acceptors (Lipinski definition) is 4. The Morgan fingerprint density at radius 2 is 1.94 bits per heavy atom. The minimum atomic E-state index is -4.13. The summed E-state index contributed by atoms with van der Waals surface area (Å²) in [5.74, 6) is 0.886. The van der Waals surface area contributed by atoms with Crippen LogP contribution in [-0.2, 0) is 10.1 Å². The first-order valence-corrected chi connectivity index (χ1v) is 8.64. The van der Waals surface area contributed by atoms with Crippen LogP contribution in [0.2, 0.25) is 0 Å². The third-order valence-corrected chi connectivity index (χ3v) is 6.41. The molecule has 0 aliphatic heterocycles. The average Bonchev–Trinajstić information content (AvgIpc) is 2.24.